The summed E-state index contributed by atoms with van der Waals surface area (Å²) < 4.78 is 32.7. The molecule has 3 aromatic carbocycles. The van der Waals surface area contributed by atoms with Gasteiger partial charge in [-0.3, -0.25) is 0 Å². The summed E-state index contributed by atoms with van der Waals surface area (Å²) in [5, 5.41) is 5.68. The number of pyridine rings is 1. The average Bonchev–Trinajstić information content (AvgIpc) is 2.53. The highest BCUT2D eigenvalue weighted by Crippen LogP contribution is 2.31. The molecule has 4 aromatic rings. The minimum absolute atomic E-state index is 0.597. The van der Waals surface area contributed by atoms with Crippen molar-refractivity contribution in [1.82, 2.24) is 4.98 Å². The summed E-state index contributed by atoms with van der Waals surface area (Å²) in [7, 11) is -4.69. The smallest absolute Gasteiger partial charge is 0.132 e. The van der Waals surface area contributed by atoms with Crippen LogP contribution in [0.15, 0.2) is 60.7 Å². The summed E-state index contributed by atoms with van der Waals surface area (Å²) in [6.07, 6.45) is 0. The molecular formula is C17H13ClN2O4. The Morgan fingerprint density at radius 3 is 1.96 bits per heavy atom. The molecule has 0 spiro atoms. The van der Waals surface area contributed by atoms with Crippen LogP contribution in [0.1, 0.15) is 0 Å². The van der Waals surface area contributed by atoms with E-state index >= 15 is 0 Å². The normalized spacial score (nSPS) is 11.5. The molecule has 24 heavy (non-hydrogen) atoms. The van der Waals surface area contributed by atoms with Crippen molar-refractivity contribution < 1.29 is 28.9 Å². The van der Waals surface area contributed by atoms with Crippen LogP contribution >= 0.6 is 0 Å². The van der Waals surface area contributed by atoms with E-state index in [-0.39, 0.29) is 0 Å². The molecule has 0 saturated heterocycles. The fourth-order valence-electron chi connectivity index (χ4n) is 2.71. The molecule has 3 N–H and O–H groups in total. The number of benzene rings is 3. The third-order valence-corrected chi connectivity index (χ3v) is 3.63. The molecular weight excluding hydrogens is 332 g/mol. The fourth-order valence-corrected chi connectivity index (χ4v) is 2.71. The van der Waals surface area contributed by atoms with Gasteiger partial charge in [-0.2, -0.15) is 14.0 Å². The molecule has 0 bridgehead atoms. The summed E-state index contributed by atoms with van der Waals surface area (Å²) in [4.78, 5) is 4.61. The molecule has 7 heteroatoms. The first kappa shape index (κ1) is 16.4. The van der Waals surface area contributed by atoms with Crippen LogP contribution in [-0.2, 0) is 0 Å². The van der Waals surface area contributed by atoms with Crippen molar-refractivity contribution >= 4 is 38.3 Å². The molecule has 0 unspecified atom stereocenters. The van der Waals surface area contributed by atoms with E-state index in [9.17, 15) is 0 Å². The van der Waals surface area contributed by atoms with Gasteiger partial charge in [0.05, 0.1) is 20.4 Å². The number of rotatable bonds is 0. The molecule has 0 saturated carbocycles. The predicted octanol–water partition coefficient (Wildman–Crippen LogP) is -0.000600. The number of nitrogens with two attached hydrogens (primary N) is 1. The first-order valence-electron chi connectivity index (χ1n) is 6.93. The van der Waals surface area contributed by atoms with E-state index in [1.807, 2.05) is 30.3 Å². The zero-order valence-electron chi connectivity index (χ0n) is 12.3. The number of hydrogen-bond donors (Lipinski definition) is 2. The van der Waals surface area contributed by atoms with Crippen molar-refractivity contribution in [2.75, 3.05) is 5.73 Å². The second-order valence-corrected chi connectivity index (χ2v) is 5.91. The fraction of sp³-hybridized carbons (Fsp3) is 0. The summed E-state index contributed by atoms with van der Waals surface area (Å²) in [5.41, 5.74) is 7.08. The van der Waals surface area contributed by atoms with Crippen LogP contribution in [0, 0.1) is 10.2 Å². The number of halogens is 1. The average molecular weight is 345 g/mol. The van der Waals surface area contributed by atoms with Crippen molar-refractivity contribution in [3.63, 3.8) is 0 Å². The Bertz CT molecular complexity index is 1030. The van der Waals surface area contributed by atoms with Crippen molar-refractivity contribution in [2.45, 2.75) is 0 Å². The summed E-state index contributed by atoms with van der Waals surface area (Å²) >= 11 is 0. The van der Waals surface area contributed by atoms with Crippen LogP contribution in [0.25, 0.3) is 32.4 Å². The van der Waals surface area contributed by atoms with Gasteiger partial charge < -0.3 is 5.73 Å². The number of fused-ring (bicyclic) bond motifs is 5. The summed E-state index contributed by atoms with van der Waals surface area (Å²) in [5.74, 6) is 0.597. The van der Waals surface area contributed by atoms with Gasteiger partial charge in [-0.1, -0.05) is 60.7 Å². The van der Waals surface area contributed by atoms with Gasteiger partial charge in [0, 0.05) is 16.2 Å². The van der Waals surface area contributed by atoms with Crippen LogP contribution in [0.4, 0.5) is 5.82 Å². The molecule has 0 fully saturated rings. The van der Waals surface area contributed by atoms with E-state index in [4.69, 9.17) is 24.4 Å². The molecule has 0 aliphatic carbocycles. The first-order valence-corrected chi connectivity index (χ1v) is 8.20. The maximum atomic E-state index is 8.60. The lowest BCUT2D eigenvalue weighted by Crippen LogP contribution is -2.58. The number of aromatic nitrogens is 1. The van der Waals surface area contributed by atoms with E-state index < -0.39 is 10.2 Å². The minimum Gasteiger partial charge on any atom is -0.383 e. The Hall–Kier alpha value is -2.48. The topological polar surface area (TPSA) is 128 Å². The minimum atomic E-state index is -4.69. The van der Waals surface area contributed by atoms with E-state index in [0.717, 1.165) is 27.1 Å². The number of anilines is 1. The van der Waals surface area contributed by atoms with Gasteiger partial charge >= 0.3 is 0 Å². The molecule has 0 aliphatic heterocycles. The molecule has 122 valence electrons. The summed E-state index contributed by atoms with van der Waals surface area (Å²) in [6, 6.07) is 20.7. The number of nitrogen functional groups attached to an aromatic ring is 1. The van der Waals surface area contributed by atoms with Crippen molar-refractivity contribution in [3.05, 3.63) is 60.7 Å². The van der Waals surface area contributed by atoms with Crippen LogP contribution in [0.5, 0.6) is 0 Å². The van der Waals surface area contributed by atoms with Crippen molar-refractivity contribution in [2.24, 2.45) is 0 Å². The molecule has 1 heterocycles. The second-order valence-electron chi connectivity index (χ2n) is 5.12. The number of nitrogens with zero attached hydrogens (tertiary/aromatic N) is 1. The Morgan fingerprint density at radius 2 is 1.29 bits per heavy atom. The van der Waals surface area contributed by atoms with E-state index in [1.165, 1.54) is 5.39 Å². The van der Waals surface area contributed by atoms with Gasteiger partial charge in [0.2, 0.25) is 0 Å². The van der Waals surface area contributed by atoms with Gasteiger partial charge in [0.1, 0.15) is 5.82 Å². The van der Waals surface area contributed by atoms with Gasteiger partial charge in [-0.25, -0.2) is 4.98 Å². The van der Waals surface area contributed by atoms with Crippen molar-refractivity contribution in [1.29, 1.82) is 0 Å². The molecule has 6 nitrogen and oxygen atoms in total. The highest BCUT2D eigenvalue weighted by Gasteiger charge is 2.08. The molecule has 0 radical (unpaired) electrons. The summed E-state index contributed by atoms with van der Waals surface area (Å²) in [6.45, 7) is 0. The SMILES string of the molecule is Nc1nc2c3ccccc3ccc2c2ccccc12.[O-][Cl+3]([O-])([O-])O. The Kier molecular flexibility index (Phi) is 4.23. The molecule has 0 aliphatic rings. The molecule has 0 atom stereocenters. The molecule has 1 aromatic heterocycles. The third-order valence-electron chi connectivity index (χ3n) is 3.63. The van der Waals surface area contributed by atoms with Gasteiger partial charge in [0.15, 0.2) is 0 Å². The standard InChI is InChI=1S/C17H12N2.ClHO4/c18-17-15-8-4-3-7-13(15)14-10-9-11-5-1-2-6-12(11)16(14)19-17;2-1(3,4)5/h1-10H,(H2,18,19);(H,2,3,4,5). The van der Waals surface area contributed by atoms with Crippen LogP contribution in [0.2, 0.25) is 0 Å². The van der Waals surface area contributed by atoms with Crippen LogP contribution in [0.3, 0.4) is 0 Å². The Labute approximate surface area is 139 Å². The maximum absolute atomic E-state index is 8.60. The lowest BCUT2D eigenvalue weighted by atomic mass is 10.0. The van der Waals surface area contributed by atoms with Gasteiger partial charge in [0.25, 0.3) is 0 Å². The van der Waals surface area contributed by atoms with E-state index in [2.05, 4.69) is 35.3 Å². The monoisotopic (exact) mass is 344 g/mol. The van der Waals surface area contributed by atoms with Gasteiger partial charge in [-0.05, 0) is 10.8 Å². The van der Waals surface area contributed by atoms with Gasteiger partial charge in [-0.15, -0.1) is 0 Å². The highest BCUT2D eigenvalue weighted by atomic mass is 35.7. The van der Waals surface area contributed by atoms with Crippen LogP contribution < -0.4 is 19.7 Å². The number of hydrogen-bond acceptors (Lipinski definition) is 6. The molecule has 0 amide bonds. The Morgan fingerprint density at radius 1 is 0.750 bits per heavy atom. The highest BCUT2D eigenvalue weighted by molar-refractivity contribution is 6.17. The predicted molar refractivity (Wildman–Crippen MR) is 83.4 cm³/mol. The first-order chi connectivity index (χ1) is 11.3. The lowest BCUT2D eigenvalue weighted by molar-refractivity contribution is -1.92. The second kappa shape index (κ2) is 6.20. The maximum Gasteiger partial charge on any atom is 0.132 e. The largest absolute Gasteiger partial charge is 0.383 e. The van der Waals surface area contributed by atoms with E-state index in [0.29, 0.717) is 5.82 Å². The zero-order chi connectivity index (χ0) is 17.3. The van der Waals surface area contributed by atoms with E-state index in [1.54, 1.807) is 0 Å². The zero-order valence-corrected chi connectivity index (χ0v) is 13.1. The quantitative estimate of drug-likeness (QED) is 0.432. The third kappa shape index (κ3) is 3.38. The van der Waals surface area contributed by atoms with Crippen LogP contribution in [-0.4, -0.2) is 9.64 Å². The molecule has 4 rings (SSSR count). The van der Waals surface area contributed by atoms with Crippen molar-refractivity contribution in [3.8, 4) is 0 Å². The lowest BCUT2D eigenvalue weighted by Gasteiger charge is -2.08. The Balaban J connectivity index is 0.000000300.